The molecule has 2 atom stereocenters. The first-order valence-corrected chi connectivity index (χ1v) is 12.3. The van der Waals surface area contributed by atoms with Crippen LogP contribution in [0.5, 0.6) is 0 Å². The van der Waals surface area contributed by atoms with Gasteiger partial charge in [-0.3, -0.25) is 9.59 Å². The lowest BCUT2D eigenvalue weighted by Gasteiger charge is -2.26. The van der Waals surface area contributed by atoms with Crippen LogP contribution in [0, 0.1) is 5.92 Å². The lowest BCUT2D eigenvalue weighted by Crippen LogP contribution is -2.38. The number of fused-ring (bicyclic) bond motifs is 1. The summed E-state index contributed by atoms with van der Waals surface area (Å²) < 4.78 is 5.93. The second-order valence-electron chi connectivity index (χ2n) is 9.39. The number of aromatic nitrogens is 1. The maximum atomic E-state index is 12.3. The topological polar surface area (TPSA) is 104 Å². The van der Waals surface area contributed by atoms with Gasteiger partial charge >= 0.3 is 5.97 Å². The molecule has 7 heteroatoms. The molecule has 0 bridgehead atoms. The Kier molecular flexibility index (Phi) is 6.71. The van der Waals surface area contributed by atoms with Crippen molar-refractivity contribution in [2.45, 2.75) is 44.7 Å². The molecule has 1 amide bonds. The Morgan fingerprint density at radius 1 is 0.972 bits per heavy atom. The molecule has 0 radical (unpaired) electrons. The van der Waals surface area contributed by atoms with Crippen molar-refractivity contribution in [2.24, 2.45) is 5.92 Å². The van der Waals surface area contributed by atoms with E-state index < -0.39 is 17.9 Å². The number of carboxylic acid groups (broad SMARTS) is 1. The molecule has 1 aromatic heterocycles. The zero-order chi connectivity index (χ0) is 25.1. The summed E-state index contributed by atoms with van der Waals surface area (Å²) in [5.41, 5.74) is 5.09. The summed E-state index contributed by atoms with van der Waals surface area (Å²) in [6.07, 6.45) is 4.78. The van der Waals surface area contributed by atoms with Crippen LogP contribution in [0.3, 0.4) is 0 Å². The molecule has 1 saturated carbocycles. The molecular formula is C29H29N3O4. The van der Waals surface area contributed by atoms with Gasteiger partial charge in [-0.15, -0.1) is 0 Å². The Morgan fingerprint density at radius 2 is 1.67 bits per heavy atom. The number of anilines is 1. The highest BCUT2D eigenvalue weighted by molar-refractivity contribution is 5.96. The predicted octanol–water partition coefficient (Wildman–Crippen LogP) is 6.04. The summed E-state index contributed by atoms with van der Waals surface area (Å²) in [7, 11) is 0. The SMILES string of the molecule is C[C@H](NC(=O)c1ccc(NC(c2ccc(-c3nc4ccccc4o3)cc2)C2CCCC2)cc1)C(=O)O. The number of amides is 1. The predicted molar refractivity (Wildman–Crippen MR) is 139 cm³/mol. The van der Waals surface area contributed by atoms with E-state index in [0.717, 1.165) is 35.2 Å². The van der Waals surface area contributed by atoms with Gasteiger partial charge in [0, 0.05) is 16.8 Å². The van der Waals surface area contributed by atoms with Crippen LogP contribution >= 0.6 is 0 Å². The fraction of sp³-hybridized carbons (Fsp3) is 0.276. The molecule has 1 heterocycles. The van der Waals surface area contributed by atoms with Crippen LogP contribution in [0.15, 0.2) is 77.2 Å². The number of carboxylic acids is 1. The number of carbonyl (C=O) groups excluding carboxylic acids is 1. The number of nitrogens with one attached hydrogen (secondary N) is 2. The number of hydrogen-bond donors (Lipinski definition) is 3. The van der Waals surface area contributed by atoms with Gasteiger partial charge in [-0.05, 0) is 79.8 Å². The number of hydrogen-bond acceptors (Lipinski definition) is 5. The zero-order valence-corrected chi connectivity index (χ0v) is 20.1. The second kappa shape index (κ2) is 10.2. The molecule has 1 unspecified atom stereocenters. The van der Waals surface area contributed by atoms with E-state index in [4.69, 9.17) is 9.52 Å². The van der Waals surface area contributed by atoms with E-state index in [1.54, 1.807) is 12.1 Å². The smallest absolute Gasteiger partial charge is 0.325 e. The number of aliphatic carboxylic acids is 1. The van der Waals surface area contributed by atoms with Crippen molar-refractivity contribution in [3.05, 3.63) is 83.9 Å². The number of benzene rings is 3. The van der Waals surface area contributed by atoms with Crippen molar-refractivity contribution in [3.8, 4) is 11.5 Å². The van der Waals surface area contributed by atoms with E-state index in [2.05, 4.69) is 39.9 Å². The average Bonchev–Trinajstić information content (AvgIpc) is 3.58. The van der Waals surface area contributed by atoms with Gasteiger partial charge in [0.15, 0.2) is 5.58 Å². The molecule has 0 spiro atoms. The highest BCUT2D eigenvalue weighted by atomic mass is 16.4. The van der Waals surface area contributed by atoms with E-state index >= 15 is 0 Å². The molecule has 1 fully saturated rings. The number of rotatable bonds is 8. The molecule has 184 valence electrons. The second-order valence-corrected chi connectivity index (χ2v) is 9.39. The summed E-state index contributed by atoms with van der Waals surface area (Å²) in [4.78, 5) is 27.9. The quantitative estimate of drug-likeness (QED) is 0.282. The van der Waals surface area contributed by atoms with Gasteiger partial charge < -0.3 is 20.2 Å². The van der Waals surface area contributed by atoms with Crippen molar-refractivity contribution in [3.63, 3.8) is 0 Å². The van der Waals surface area contributed by atoms with Gasteiger partial charge in [0.1, 0.15) is 11.6 Å². The Morgan fingerprint density at radius 3 is 2.33 bits per heavy atom. The molecule has 0 aliphatic heterocycles. The number of oxazole rings is 1. The molecule has 1 aliphatic carbocycles. The number of para-hydroxylation sites is 2. The summed E-state index contributed by atoms with van der Waals surface area (Å²) >= 11 is 0. The Balaban J connectivity index is 1.34. The molecular weight excluding hydrogens is 454 g/mol. The van der Waals surface area contributed by atoms with Crippen LogP contribution in [-0.2, 0) is 4.79 Å². The first kappa shape index (κ1) is 23.6. The molecule has 3 aromatic carbocycles. The largest absolute Gasteiger partial charge is 0.480 e. The van der Waals surface area contributed by atoms with Gasteiger partial charge in [0.05, 0.1) is 6.04 Å². The van der Waals surface area contributed by atoms with E-state index in [1.165, 1.54) is 25.3 Å². The first-order valence-electron chi connectivity index (χ1n) is 12.3. The van der Waals surface area contributed by atoms with Gasteiger partial charge in [0.2, 0.25) is 5.89 Å². The van der Waals surface area contributed by atoms with E-state index in [-0.39, 0.29) is 6.04 Å². The van der Waals surface area contributed by atoms with Gasteiger partial charge in [-0.1, -0.05) is 37.1 Å². The monoisotopic (exact) mass is 483 g/mol. The number of carbonyl (C=O) groups is 2. The van der Waals surface area contributed by atoms with E-state index in [1.807, 2.05) is 36.4 Å². The van der Waals surface area contributed by atoms with Crippen molar-refractivity contribution >= 4 is 28.7 Å². The normalized spacial score (nSPS) is 15.5. The molecule has 4 aromatic rings. The Hall–Kier alpha value is -4.13. The molecule has 3 N–H and O–H groups in total. The van der Waals surface area contributed by atoms with Crippen molar-refractivity contribution in [1.29, 1.82) is 0 Å². The van der Waals surface area contributed by atoms with Crippen LogP contribution in [-0.4, -0.2) is 28.0 Å². The molecule has 0 saturated heterocycles. The van der Waals surface area contributed by atoms with Crippen LogP contribution in [0.25, 0.3) is 22.6 Å². The molecule has 5 rings (SSSR count). The zero-order valence-electron chi connectivity index (χ0n) is 20.1. The standard InChI is InChI=1S/C29H29N3O4/c1-18(29(34)35)30-27(33)21-14-16-23(17-15-21)31-26(19-6-2-3-7-19)20-10-12-22(13-11-20)28-32-24-8-4-5-9-25(24)36-28/h4-5,8-19,26,31H,2-3,6-7H2,1H3,(H,30,33)(H,34,35)/t18-,26?/m0/s1. The third kappa shape index (κ3) is 5.10. The number of nitrogens with zero attached hydrogens (tertiary/aromatic N) is 1. The minimum Gasteiger partial charge on any atom is -0.480 e. The molecule has 1 aliphatic rings. The minimum atomic E-state index is -1.07. The highest BCUT2D eigenvalue weighted by Crippen LogP contribution is 2.38. The first-order chi connectivity index (χ1) is 17.5. The Bertz CT molecular complexity index is 1320. The highest BCUT2D eigenvalue weighted by Gasteiger charge is 2.27. The van der Waals surface area contributed by atoms with E-state index in [0.29, 0.717) is 17.4 Å². The lowest BCUT2D eigenvalue weighted by molar-refractivity contribution is -0.138. The fourth-order valence-electron chi connectivity index (χ4n) is 4.83. The summed E-state index contributed by atoms with van der Waals surface area (Å²) in [5, 5.41) is 15.2. The summed E-state index contributed by atoms with van der Waals surface area (Å²) in [6.45, 7) is 1.44. The van der Waals surface area contributed by atoms with Gasteiger partial charge in [-0.2, -0.15) is 0 Å². The molecule has 36 heavy (non-hydrogen) atoms. The minimum absolute atomic E-state index is 0.136. The van der Waals surface area contributed by atoms with Crippen molar-refractivity contribution in [2.75, 3.05) is 5.32 Å². The summed E-state index contributed by atoms with van der Waals surface area (Å²) in [6, 6.07) is 22.5. The van der Waals surface area contributed by atoms with E-state index in [9.17, 15) is 9.59 Å². The van der Waals surface area contributed by atoms with Crippen molar-refractivity contribution in [1.82, 2.24) is 10.3 Å². The third-order valence-electron chi connectivity index (χ3n) is 6.87. The van der Waals surface area contributed by atoms with Crippen molar-refractivity contribution < 1.29 is 19.1 Å². The van der Waals surface area contributed by atoms with Crippen LogP contribution in [0.4, 0.5) is 5.69 Å². The Labute approximate surface area is 209 Å². The lowest BCUT2D eigenvalue weighted by atomic mass is 9.90. The van der Waals surface area contributed by atoms with Gasteiger partial charge in [-0.25, -0.2) is 4.98 Å². The third-order valence-corrected chi connectivity index (χ3v) is 6.87. The maximum absolute atomic E-state index is 12.3. The average molecular weight is 484 g/mol. The van der Waals surface area contributed by atoms with Gasteiger partial charge in [0.25, 0.3) is 5.91 Å². The fourth-order valence-corrected chi connectivity index (χ4v) is 4.83. The van der Waals surface area contributed by atoms with Crippen LogP contribution in [0.1, 0.15) is 54.6 Å². The maximum Gasteiger partial charge on any atom is 0.325 e. The van der Waals surface area contributed by atoms with Crippen LogP contribution in [0.2, 0.25) is 0 Å². The summed E-state index contributed by atoms with van der Waals surface area (Å²) in [5.74, 6) is -0.347. The van der Waals surface area contributed by atoms with Crippen LogP contribution < -0.4 is 10.6 Å². The molecule has 7 nitrogen and oxygen atoms in total.